The molecule has 7 heteroatoms. The molecule has 1 heterocycles. The van der Waals surface area contributed by atoms with Crippen LogP contribution in [0.15, 0.2) is 12.1 Å². The van der Waals surface area contributed by atoms with E-state index in [0.29, 0.717) is 20.6 Å². The van der Waals surface area contributed by atoms with Crippen LogP contribution in [-0.2, 0) is 11.2 Å². The van der Waals surface area contributed by atoms with Crippen molar-refractivity contribution in [3.63, 3.8) is 0 Å². The summed E-state index contributed by atoms with van der Waals surface area (Å²) in [7, 11) is 0. The lowest BCUT2D eigenvalue weighted by atomic mass is 10.2. The first-order valence-electron chi connectivity index (χ1n) is 4.70. The van der Waals surface area contributed by atoms with Gasteiger partial charge in [0.15, 0.2) is 0 Å². The van der Waals surface area contributed by atoms with Crippen molar-refractivity contribution in [2.75, 3.05) is 0 Å². The third kappa shape index (κ3) is 2.69. The van der Waals surface area contributed by atoms with Crippen molar-refractivity contribution in [2.45, 2.75) is 12.5 Å². The highest BCUT2D eigenvalue weighted by Crippen LogP contribution is 2.31. The molecule has 0 aliphatic rings. The van der Waals surface area contributed by atoms with Gasteiger partial charge in [-0.2, -0.15) is 0 Å². The first-order chi connectivity index (χ1) is 7.97. The summed E-state index contributed by atoms with van der Waals surface area (Å²) in [6.45, 7) is 0. The highest BCUT2D eigenvalue weighted by atomic mass is 35.5. The normalized spacial score (nSPS) is 12.9. The van der Waals surface area contributed by atoms with E-state index < -0.39 is 12.0 Å². The molecule has 0 amide bonds. The number of aromatic nitrogens is 1. The first kappa shape index (κ1) is 12.6. The molecule has 0 bridgehead atoms. The topological polar surface area (TPSA) is 76.2 Å². The van der Waals surface area contributed by atoms with Gasteiger partial charge in [0.1, 0.15) is 6.04 Å². The molecule has 0 saturated carbocycles. The molecule has 1 atom stereocenters. The highest BCUT2D eigenvalue weighted by Gasteiger charge is 2.15. The maximum atomic E-state index is 10.6. The number of nitrogens with zero attached hydrogens (tertiary/aromatic N) is 1. The monoisotopic (exact) mass is 290 g/mol. The van der Waals surface area contributed by atoms with E-state index >= 15 is 0 Å². The Labute approximate surface area is 111 Å². The van der Waals surface area contributed by atoms with Gasteiger partial charge in [0.05, 0.1) is 25.3 Å². The molecule has 0 radical (unpaired) electrons. The molecule has 0 saturated heterocycles. The van der Waals surface area contributed by atoms with Gasteiger partial charge in [0.2, 0.25) is 0 Å². The van der Waals surface area contributed by atoms with Gasteiger partial charge in [-0.25, -0.2) is 4.98 Å². The summed E-state index contributed by atoms with van der Waals surface area (Å²) in [5, 5.41) is 10.3. The lowest BCUT2D eigenvalue weighted by molar-refractivity contribution is -0.138. The van der Waals surface area contributed by atoms with Gasteiger partial charge >= 0.3 is 5.97 Å². The van der Waals surface area contributed by atoms with Crippen molar-refractivity contribution in [1.82, 2.24) is 4.98 Å². The number of hydrogen-bond donors (Lipinski definition) is 2. The predicted molar refractivity (Wildman–Crippen MR) is 69.0 cm³/mol. The van der Waals surface area contributed by atoms with Gasteiger partial charge in [-0.3, -0.25) is 4.79 Å². The third-order valence-electron chi connectivity index (χ3n) is 2.19. The number of carbonyl (C=O) groups is 1. The smallest absolute Gasteiger partial charge is 0.320 e. The summed E-state index contributed by atoms with van der Waals surface area (Å²) in [6, 6.07) is 2.43. The van der Waals surface area contributed by atoms with Crippen LogP contribution in [0.3, 0.4) is 0 Å². The zero-order valence-electron chi connectivity index (χ0n) is 8.48. The highest BCUT2D eigenvalue weighted by molar-refractivity contribution is 7.18. The first-order valence-corrected chi connectivity index (χ1v) is 6.27. The minimum atomic E-state index is -1.04. The molecule has 4 nitrogen and oxygen atoms in total. The van der Waals surface area contributed by atoms with Gasteiger partial charge in [0, 0.05) is 6.42 Å². The van der Waals surface area contributed by atoms with Crippen LogP contribution in [0.25, 0.3) is 10.2 Å². The lowest BCUT2D eigenvalue weighted by Gasteiger charge is -2.01. The molecule has 0 fully saturated rings. The summed E-state index contributed by atoms with van der Waals surface area (Å²) in [5.74, 6) is -1.04. The minimum absolute atomic E-state index is 0.198. The molecule has 0 aliphatic carbocycles. The molecular weight excluding hydrogens is 283 g/mol. The number of thiazole rings is 1. The summed E-state index contributed by atoms with van der Waals surface area (Å²) in [6.07, 6.45) is 0.198. The molecule has 0 aliphatic heterocycles. The Balaban J connectivity index is 2.35. The van der Waals surface area contributed by atoms with E-state index in [0.717, 1.165) is 4.70 Å². The summed E-state index contributed by atoms with van der Waals surface area (Å²) in [5.41, 5.74) is 6.15. The molecular formula is C10H8Cl2N2O2S. The Bertz CT molecular complexity index is 546. The molecule has 2 aromatic rings. The van der Waals surface area contributed by atoms with Crippen molar-refractivity contribution < 1.29 is 9.90 Å². The van der Waals surface area contributed by atoms with Crippen molar-refractivity contribution in [1.29, 1.82) is 0 Å². The third-order valence-corrected chi connectivity index (χ3v) is 3.95. The van der Waals surface area contributed by atoms with Crippen LogP contribution < -0.4 is 5.73 Å². The Morgan fingerprint density at radius 2 is 2.12 bits per heavy atom. The van der Waals surface area contributed by atoms with Crippen molar-refractivity contribution >= 4 is 50.7 Å². The second kappa shape index (κ2) is 4.78. The second-order valence-corrected chi connectivity index (χ2v) is 5.42. The maximum absolute atomic E-state index is 10.6. The van der Waals surface area contributed by atoms with Crippen LogP contribution in [0.4, 0.5) is 0 Å². The van der Waals surface area contributed by atoms with Crippen molar-refractivity contribution in [2.24, 2.45) is 5.73 Å². The van der Waals surface area contributed by atoms with Crippen LogP contribution in [0.2, 0.25) is 10.0 Å². The average Bonchev–Trinajstić information content (AvgIpc) is 2.60. The zero-order valence-corrected chi connectivity index (χ0v) is 10.8. The SMILES string of the molecule is N[C@H](Cc1nc2cc(Cl)c(Cl)cc2s1)C(=O)O. The minimum Gasteiger partial charge on any atom is -0.480 e. The van der Waals surface area contributed by atoms with E-state index in [1.165, 1.54) is 11.3 Å². The second-order valence-electron chi connectivity index (χ2n) is 3.49. The number of carboxylic acids is 1. The molecule has 90 valence electrons. The standard InChI is InChI=1S/C10H8Cl2N2O2S/c11-4-1-7-8(2-5(4)12)17-9(14-7)3-6(13)10(15)16/h1-2,6H,3,13H2,(H,15,16)/t6-/m1/s1. The fraction of sp³-hybridized carbons (Fsp3) is 0.200. The van der Waals surface area contributed by atoms with E-state index in [-0.39, 0.29) is 6.42 Å². The quantitative estimate of drug-likeness (QED) is 0.911. The van der Waals surface area contributed by atoms with Crippen molar-refractivity contribution in [3.05, 3.63) is 27.2 Å². The van der Waals surface area contributed by atoms with Gasteiger partial charge in [-0.15, -0.1) is 11.3 Å². The van der Waals surface area contributed by atoms with E-state index in [4.69, 9.17) is 34.0 Å². The zero-order chi connectivity index (χ0) is 12.6. The van der Waals surface area contributed by atoms with Crippen molar-refractivity contribution in [3.8, 4) is 0 Å². The van der Waals surface area contributed by atoms with E-state index in [1.54, 1.807) is 12.1 Å². The number of benzene rings is 1. The molecule has 1 aromatic heterocycles. The molecule has 1 aromatic carbocycles. The number of aliphatic carboxylic acids is 1. The Morgan fingerprint density at radius 3 is 2.76 bits per heavy atom. The van der Waals surface area contributed by atoms with E-state index in [2.05, 4.69) is 4.98 Å². The fourth-order valence-electron chi connectivity index (χ4n) is 1.33. The van der Waals surface area contributed by atoms with Crippen LogP contribution in [-0.4, -0.2) is 22.1 Å². The van der Waals surface area contributed by atoms with Crippen LogP contribution in [0, 0.1) is 0 Å². The number of rotatable bonds is 3. The van der Waals surface area contributed by atoms with Gasteiger partial charge in [-0.1, -0.05) is 23.2 Å². The average molecular weight is 291 g/mol. The Kier molecular flexibility index (Phi) is 3.53. The lowest BCUT2D eigenvalue weighted by Crippen LogP contribution is -2.32. The Hall–Kier alpha value is -0.880. The largest absolute Gasteiger partial charge is 0.480 e. The molecule has 3 N–H and O–H groups in total. The molecule has 0 spiro atoms. The molecule has 17 heavy (non-hydrogen) atoms. The number of fused-ring (bicyclic) bond motifs is 1. The number of hydrogen-bond acceptors (Lipinski definition) is 4. The summed E-state index contributed by atoms with van der Waals surface area (Å²) < 4.78 is 0.868. The maximum Gasteiger partial charge on any atom is 0.320 e. The summed E-state index contributed by atoms with van der Waals surface area (Å²) >= 11 is 13.1. The Morgan fingerprint density at radius 1 is 1.47 bits per heavy atom. The van der Waals surface area contributed by atoms with Crippen LogP contribution >= 0.6 is 34.5 Å². The van der Waals surface area contributed by atoms with Gasteiger partial charge < -0.3 is 10.8 Å². The van der Waals surface area contributed by atoms with Crippen LogP contribution in [0.5, 0.6) is 0 Å². The predicted octanol–water partition coefficient (Wildman–Crippen LogP) is 2.56. The summed E-state index contributed by atoms with van der Waals surface area (Å²) in [4.78, 5) is 14.9. The van der Waals surface area contributed by atoms with E-state index in [9.17, 15) is 4.79 Å². The van der Waals surface area contributed by atoms with Crippen LogP contribution in [0.1, 0.15) is 5.01 Å². The number of nitrogens with two attached hydrogens (primary N) is 1. The van der Waals surface area contributed by atoms with E-state index in [1.807, 2.05) is 0 Å². The molecule has 2 rings (SSSR count). The molecule has 0 unspecified atom stereocenters. The van der Waals surface area contributed by atoms with Gasteiger partial charge in [0.25, 0.3) is 0 Å². The number of halogens is 2. The fourth-order valence-corrected chi connectivity index (χ4v) is 2.77. The number of carboxylic acid groups (broad SMARTS) is 1. The van der Waals surface area contributed by atoms with Gasteiger partial charge in [-0.05, 0) is 12.1 Å².